The van der Waals surface area contributed by atoms with E-state index in [1.165, 1.54) is 24.7 Å². The number of nitrogens with zero attached hydrogens (tertiary/aromatic N) is 4. The van der Waals surface area contributed by atoms with Crippen molar-refractivity contribution in [2.75, 3.05) is 31.3 Å². The zero-order valence-corrected chi connectivity index (χ0v) is 29.3. The number of imidazole rings is 1. The van der Waals surface area contributed by atoms with Gasteiger partial charge in [-0.2, -0.15) is 9.97 Å². The van der Waals surface area contributed by atoms with Gasteiger partial charge in [0.15, 0.2) is 23.1 Å². The summed E-state index contributed by atoms with van der Waals surface area (Å²) >= 11 is 0.822. The van der Waals surface area contributed by atoms with Crippen LogP contribution in [0.15, 0.2) is 36.7 Å². The van der Waals surface area contributed by atoms with Crippen LogP contribution in [0.1, 0.15) is 53.3 Å². The molecular formula is C30H42FN6O9PS. The second kappa shape index (κ2) is 15.6. The molecule has 1 saturated heterocycles. The van der Waals surface area contributed by atoms with E-state index in [1.54, 1.807) is 45.0 Å². The zero-order valence-electron chi connectivity index (χ0n) is 27.6. The van der Waals surface area contributed by atoms with Gasteiger partial charge in [0.05, 0.1) is 32.3 Å². The fourth-order valence-electron chi connectivity index (χ4n) is 4.67. The van der Waals surface area contributed by atoms with Gasteiger partial charge in [-0.1, -0.05) is 42.1 Å². The number of hydrogen-bond acceptors (Lipinski definition) is 14. The molecule has 264 valence electrons. The Bertz CT molecular complexity index is 1630. The number of fused-ring (bicyclic) bond motifs is 1. The van der Waals surface area contributed by atoms with Crippen LogP contribution in [0.25, 0.3) is 11.2 Å². The lowest BCUT2D eigenvalue weighted by atomic mass is 9.96. The van der Waals surface area contributed by atoms with Gasteiger partial charge in [0.2, 0.25) is 16.9 Å². The van der Waals surface area contributed by atoms with E-state index in [0.717, 1.165) is 24.2 Å². The molecule has 3 heterocycles. The van der Waals surface area contributed by atoms with Crippen molar-refractivity contribution in [1.29, 1.82) is 0 Å². The van der Waals surface area contributed by atoms with Crippen LogP contribution in [0, 0.1) is 5.41 Å². The number of alkyl halides is 1. The molecule has 1 aliphatic rings. The molecule has 1 aromatic carbocycles. The highest BCUT2D eigenvalue weighted by molar-refractivity contribution is 8.13. The molecule has 4 N–H and O–H groups in total. The van der Waals surface area contributed by atoms with E-state index in [9.17, 15) is 19.3 Å². The van der Waals surface area contributed by atoms with E-state index < -0.39 is 55.0 Å². The highest BCUT2D eigenvalue weighted by atomic mass is 32.2. The summed E-state index contributed by atoms with van der Waals surface area (Å²) < 4.78 is 59.2. The summed E-state index contributed by atoms with van der Waals surface area (Å²) in [5, 5.41) is 13.3. The molecule has 18 heteroatoms. The molecule has 2 aromatic heterocycles. The number of nitrogens with two attached hydrogens (primary N) is 1. The number of nitrogens with one attached hydrogen (secondary N) is 1. The van der Waals surface area contributed by atoms with E-state index in [-0.39, 0.29) is 54.6 Å². The topological polar surface area (TPSA) is 199 Å². The lowest BCUT2D eigenvalue weighted by molar-refractivity contribution is -0.159. The summed E-state index contributed by atoms with van der Waals surface area (Å²) in [4.78, 5) is 37.6. The number of carbonyl (C=O) groups excluding carboxylic acids is 2. The Balaban J connectivity index is 1.45. The first-order chi connectivity index (χ1) is 22.6. The van der Waals surface area contributed by atoms with Crippen molar-refractivity contribution in [2.24, 2.45) is 5.41 Å². The van der Waals surface area contributed by atoms with Gasteiger partial charge in [-0.25, -0.2) is 19.0 Å². The Labute approximate surface area is 282 Å². The van der Waals surface area contributed by atoms with Crippen LogP contribution in [0.5, 0.6) is 5.88 Å². The van der Waals surface area contributed by atoms with Crippen LogP contribution in [-0.4, -0.2) is 85.3 Å². The van der Waals surface area contributed by atoms with Gasteiger partial charge >= 0.3 is 13.7 Å². The van der Waals surface area contributed by atoms with Crippen LogP contribution in [0.2, 0.25) is 0 Å². The van der Waals surface area contributed by atoms with Crippen molar-refractivity contribution in [3.8, 4) is 5.88 Å². The summed E-state index contributed by atoms with van der Waals surface area (Å²) in [5.41, 5.74) is 3.18. The minimum atomic E-state index is -4.14. The van der Waals surface area contributed by atoms with Crippen LogP contribution in [0.4, 0.5) is 10.3 Å². The molecule has 0 aliphatic carbocycles. The third-order valence-corrected chi connectivity index (χ3v) is 10.0. The van der Waals surface area contributed by atoms with Gasteiger partial charge in [0.1, 0.15) is 17.6 Å². The molecular weight excluding hydrogens is 670 g/mol. The Hall–Kier alpha value is -3.18. The van der Waals surface area contributed by atoms with Gasteiger partial charge in [-0.05, 0) is 47.1 Å². The first-order valence-corrected chi connectivity index (χ1v) is 17.8. The van der Waals surface area contributed by atoms with E-state index >= 15 is 4.39 Å². The number of nitrogen functional groups attached to an aromatic ring is 1. The molecule has 0 radical (unpaired) electrons. The van der Waals surface area contributed by atoms with Crippen molar-refractivity contribution in [1.82, 2.24) is 24.6 Å². The summed E-state index contributed by atoms with van der Waals surface area (Å²) in [7, 11) is -4.14. The molecule has 15 nitrogen and oxygen atoms in total. The number of ether oxygens (including phenoxy) is 3. The number of aromatic nitrogens is 4. The number of benzene rings is 1. The predicted octanol–water partition coefficient (Wildman–Crippen LogP) is 3.96. The maximum Gasteiger partial charge on any atom is 0.405 e. The number of carbonyl (C=O) groups is 2. The average Bonchev–Trinajstić information content (AvgIpc) is 3.54. The van der Waals surface area contributed by atoms with Gasteiger partial charge in [-0.3, -0.25) is 23.2 Å². The molecule has 0 amide bonds. The maximum absolute atomic E-state index is 16.1. The molecule has 1 fully saturated rings. The number of anilines is 1. The lowest BCUT2D eigenvalue weighted by Gasteiger charge is -2.25. The largest absolute Gasteiger partial charge is 0.476 e. The Morgan fingerprint density at radius 2 is 1.96 bits per heavy atom. The summed E-state index contributed by atoms with van der Waals surface area (Å²) in [6.45, 7) is 8.82. The van der Waals surface area contributed by atoms with E-state index in [1.807, 2.05) is 6.07 Å². The Kier molecular flexibility index (Phi) is 12.2. The van der Waals surface area contributed by atoms with E-state index in [2.05, 4.69) is 20.0 Å². The zero-order chi connectivity index (χ0) is 35.3. The van der Waals surface area contributed by atoms with Crippen molar-refractivity contribution in [3.63, 3.8) is 0 Å². The second-order valence-electron chi connectivity index (χ2n) is 11.9. The van der Waals surface area contributed by atoms with Crippen LogP contribution >= 0.6 is 19.5 Å². The Morgan fingerprint density at radius 3 is 2.62 bits per heavy atom. The number of thioether (sulfide) groups is 1. The average molecular weight is 713 g/mol. The molecule has 4 rings (SSSR count). The maximum atomic E-state index is 16.1. The standard InChI is InChI=1S/C30H42FN6O9PS/c1-7-42-24-21-23(35-28(32)36-24)37(17-33-21)25-30(6,31)22(38)20(46-25)16-44-47(41,34-15-19-11-9-8-10-12-19)43-13-14-48-27(40)29(4,5)26(39)45-18(2)3/h8-12,17-18,20,22,25,38H,7,13-16H2,1-6H3,(H,34,41)(H2,32,35,36)/t20?,22-,25-,30-,47?/m1/s1. The normalized spacial score (nSPS) is 22.6. The first-order valence-electron chi connectivity index (χ1n) is 15.3. The van der Waals surface area contributed by atoms with Crippen LogP contribution < -0.4 is 15.6 Å². The third kappa shape index (κ3) is 8.69. The molecule has 48 heavy (non-hydrogen) atoms. The minimum absolute atomic E-state index is 0.0349. The third-order valence-electron chi connectivity index (χ3n) is 7.33. The molecule has 1 aliphatic heterocycles. The number of aliphatic hydroxyl groups is 1. The van der Waals surface area contributed by atoms with Gasteiger partial charge in [0, 0.05) is 12.3 Å². The fourth-order valence-corrected chi connectivity index (χ4v) is 6.90. The summed E-state index contributed by atoms with van der Waals surface area (Å²) in [6, 6.07) is 9.04. The SMILES string of the molecule is CCOc1nc(N)nc2c1ncn2[C@@H]1OC(COP(=O)(NCc2ccccc2)OCCSC(=O)C(C)(C)C(=O)OC(C)C)[C@@H](O)[C@@]1(C)F. The molecule has 0 bridgehead atoms. The predicted molar refractivity (Wildman–Crippen MR) is 176 cm³/mol. The van der Waals surface area contributed by atoms with Crippen molar-refractivity contribution in [2.45, 2.75) is 78.3 Å². The molecule has 5 atom stereocenters. The van der Waals surface area contributed by atoms with E-state index in [0.29, 0.717) is 0 Å². The van der Waals surface area contributed by atoms with Crippen molar-refractivity contribution >= 4 is 47.7 Å². The van der Waals surface area contributed by atoms with Crippen LogP contribution in [0.3, 0.4) is 0 Å². The molecule has 0 saturated carbocycles. The number of hydrogen-bond donors (Lipinski definition) is 3. The summed E-state index contributed by atoms with van der Waals surface area (Å²) in [5.74, 6) is -0.641. The summed E-state index contributed by atoms with van der Waals surface area (Å²) in [6.07, 6.45) is -3.57. The van der Waals surface area contributed by atoms with Gasteiger partial charge in [0.25, 0.3) is 0 Å². The minimum Gasteiger partial charge on any atom is -0.476 e. The van der Waals surface area contributed by atoms with Crippen molar-refractivity contribution in [3.05, 3.63) is 42.2 Å². The number of rotatable bonds is 16. The number of esters is 1. The van der Waals surface area contributed by atoms with Gasteiger partial charge in [-0.15, -0.1) is 0 Å². The van der Waals surface area contributed by atoms with E-state index in [4.69, 9.17) is 29.0 Å². The highest BCUT2D eigenvalue weighted by Gasteiger charge is 2.56. The second-order valence-corrected chi connectivity index (χ2v) is 14.8. The molecule has 0 spiro atoms. The number of halogens is 1. The fraction of sp³-hybridized carbons (Fsp3) is 0.567. The lowest BCUT2D eigenvalue weighted by Crippen LogP contribution is -2.40. The number of aliphatic hydroxyl groups excluding tert-OH is 1. The first kappa shape index (κ1) is 37.6. The van der Waals surface area contributed by atoms with Crippen LogP contribution in [-0.2, 0) is 39.2 Å². The quantitative estimate of drug-likeness (QED) is 0.0834. The molecule has 3 aromatic rings. The Morgan fingerprint density at radius 1 is 1.25 bits per heavy atom. The van der Waals surface area contributed by atoms with Crippen molar-refractivity contribution < 1.29 is 46.9 Å². The smallest absolute Gasteiger partial charge is 0.405 e. The van der Waals surface area contributed by atoms with Gasteiger partial charge < -0.3 is 25.1 Å². The molecule has 2 unspecified atom stereocenters. The monoisotopic (exact) mass is 712 g/mol. The highest BCUT2D eigenvalue weighted by Crippen LogP contribution is 2.48.